The number of hydrogen-bond donors (Lipinski definition) is 2. The number of carbonyl (C=O) groups is 2. The third-order valence-corrected chi connectivity index (χ3v) is 3.54. The van der Waals surface area contributed by atoms with Crippen LogP contribution in [0.3, 0.4) is 0 Å². The molecule has 0 aliphatic heterocycles. The topological polar surface area (TPSA) is 102 Å². The molecule has 7 heteroatoms. The van der Waals surface area contributed by atoms with Crippen LogP contribution in [-0.2, 0) is 13.1 Å². The maximum atomic E-state index is 12.9. The summed E-state index contributed by atoms with van der Waals surface area (Å²) < 4.78 is 10.7. The Morgan fingerprint density at radius 2 is 1.48 bits per heavy atom. The first-order chi connectivity index (χ1) is 12.1. The zero-order valence-electron chi connectivity index (χ0n) is 13.3. The lowest BCUT2D eigenvalue weighted by Gasteiger charge is -2.21. The first-order valence-corrected chi connectivity index (χ1v) is 7.62. The van der Waals surface area contributed by atoms with Gasteiger partial charge >= 0.3 is 6.03 Å². The molecule has 0 aliphatic rings. The third kappa shape index (κ3) is 4.29. The molecule has 0 spiro atoms. The van der Waals surface area contributed by atoms with Gasteiger partial charge in [-0.15, -0.1) is 0 Å². The second-order valence-corrected chi connectivity index (χ2v) is 5.39. The fourth-order valence-corrected chi connectivity index (χ4v) is 2.40. The van der Waals surface area contributed by atoms with E-state index < -0.39 is 6.03 Å². The van der Waals surface area contributed by atoms with Crippen LogP contribution in [0.2, 0.25) is 0 Å². The largest absolute Gasteiger partial charge is 0.467 e. The minimum Gasteiger partial charge on any atom is -0.467 e. The van der Waals surface area contributed by atoms with Crippen LogP contribution in [0.25, 0.3) is 0 Å². The van der Waals surface area contributed by atoms with Crippen molar-refractivity contribution < 1.29 is 18.4 Å². The van der Waals surface area contributed by atoms with Crippen molar-refractivity contribution in [2.24, 2.45) is 5.73 Å². The van der Waals surface area contributed by atoms with Gasteiger partial charge in [0, 0.05) is 11.3 Å². The number of primary amides is 1. The summed E-state index contributed by atoms with van der Waals surface area (Å²) in [4.78, 5) is 25.3. The summed E-state index contributed by atoms with van der Waals surface area (Å²) in [5, 5.41) is 2.46. The number of benzene rings is 1. The van der Waals surface area contributed by atoms with Crippen LogP contribution in [0.1, 0.15) is 21.9 Å². The van der Waals surface area contributed by atoms with E-state index in [9.17, 15) is 9.59 Å². The van der Waals surface area contributed by atoms with Crippen molar-refractivity contribution in [1.29, 1.82) is 0 Å². The van der Waals surface area contributed by atoms with Crippen molar-refractivity contribution in [3.63, 3.8) is 0 Å². The molecule has 2 aromatic heterocycles. The lowest BCUT2D eigenvalue weighted by Crippen LogP contribution is -2.29. The van der Waals surface area contributed by atoms with Crippen LogP contribution in [0, 0.1) is 0 Å². The van der Waals surface area contributed by atoms with Gasteiger partial charge in [-0.2, -0.15) is 0 Å². The Kier molecular flexibility index (Phi) is 4.84. The molecule has 3 aromatic rings. The molecule has 3 rings (SSSR count). The van der Waals surface area contributed by atoms with E-state index >= 15 is 0 Å². The second kappa shape index (κ2) is 7.39. The number of nitrogens with two attached hydrogens (primary N) is 1. The van der Waals surface area contributed by atoms with Gasteiger partial charge in [0.1, 0.15) is 11.5 Å². The molecule has 1 aromatic carbocycles. The third-order valence-electron chi connectivity index (χ3n) is 3.54. The molecule has 0 atom stereocenters. The maximum Gasteiger partial charge on any atom is 0.316 e. The fourth-order valence-electron chi connectivity index (χ4n) is 2.40. The average molecular weight is 339 g/mol. The summed E-state index contributed by atoms with van der Waals surface area (Å²) in [6.45, 7) is 0.627. The minimum atomic E-state index is -0.656. The summed E-state index contributed by atoms with van der Waals surface area (Å²) in [5.74, 6) is 1.16. The summed E-state index contributed by atoms with van der Waals surface area (Å²) in [6, 6.07) is 13.0. The van der Waals surface area contributed by atoms with Crippen molar-refractivity contribution in [1.82, 2.24) is 4.90 Å². The second-order valence-electron chi connectivity index (χ2n) is 5.39. The Bertz CT molecular complexity index is 788. The highest BCUT2D eigenvalue weighted by Crippen LogP contribution is 2.17. The van der Waals surface area contributed by atoms with Crippen molar-refractivity contribution >= 4 is 17.6 Å². The molecule has 128 valence electrons. The van der Waals surface area contributed by atoms with Gasteiger partial charge in [-0.3, -0.25) is 4.79 Å². The van der Waals surface area contributed by atoms with E-state index in [1.807, 2.05) is 12.1 Å². The number of amides is 3. The summed E-state index contributed by atoms with van der Waals surface area (Å²) in [6.07, 6.45) is 3.13. The van der Waals surface area contributed by atoms with E-state index in [0.29, 0.717) is 35.9 Å². The maximum absolute atomic E-state index is 12.9. The van der Waals surface area contributed by atoms with Gasteiger partial charge in [0.2, 0.25) is 0 Å². The predicted molar refractivity (Wildman–Crippen MR) is 90.6 cm³/mol. The number of rotatable bonds is 6. The molecule has 3 N–H and O–H groups in total. The molecular weight excluding hydrogens is 322 g/mol. The number of anilines is 1. The predicted octanol–water partition coefficient (Wildman–Crippen LogP) is 3.21. The highest BCUT2D eigenvalue weighted by Gasteiger charge is 2.19. The van der Waals surface area contributed by atoms with Crippen LogP contribution in [0.15, 0.2) is 69.9 Å². The number of furan rings is 2. The Balaban J connectivity index is 1.78. The monoisotopic (exact) mass is 339 g/mol. The normalized spacial score (nSPS) is 10.4. The van der Waals surface area contributed by atoms with E-state index in [1.165, 1.54) is 0 Å². The van der Waals surface area contributed by atoms with Crippen molar-refractivity contribution in [3.8, 4) is 0 Å². The molecule has 7 nitrogen and oxygen atoms in total. The zero-order valence-corrected chi connectivity index (χ0v) is 13.3. The van der Waals surface area contributed by atoms with Crippen LogP contribution in [0.4, 0.5) is 10.5 Å². The molecule has 0 saturated heterocycles. The van der Waals surface area contributed by atoms with Gasteiger partial charge in [0.05, 0.1) is 25.6 Å². The van der Waals surface area contributed by atoms with Gasteiger partial charge in [0.15, 0.2) is 0 Å². The molecule has 0 fully saturated rings. The fraction of sp³-hybridized carbons (Fsp3) is 0.111. The quantitative estimate of drug-likeness (QED) is 0.720. The summed E-state index contributed by atoms with van der Waals surface area (Å²) in [7, 11) is 0. The lowest BCUT2D eigenvalue weighted by atomic mass is 10.1. The van der Waals surface area contributed by atoms with E-state index in [0.717, 1.165) is 0 Å². The number of carbonyl (C=O) groups excluding carboxylic acids is 2. The molecule has 3 amide bonds. The zero-order chi connectivity index (χ0) is 17.6. The lowest BCUT2D eigenvalue weighted by molar-refractivity contribution is 0.0705. The smallest absolute Gasteiger partial charge is 0.316 e. The van der Waals surface area contributed by atoms with Gasteiger partial charge < -0.3 is 24.8 Å². The first-order valence-electron chi connectivity index (χ1n) is 7.62. The van der Waals surface area contributed by atoms with E-state index in [4.69, 9.17) is 14.6 Å². The SMILES string of the molecule is NC(=O)Nc1ccc(C(=O)N(Cc2ccco2)Cc2ccco2)cc1. The van der Waals surface area contributed by atoms with Gasteiger partial charge in [-0.05, 0) is 48.5 Å². The summed E-state index contributed by atoms with van der Waals surface area (Å²) >= 11 is 0. The molecule has 0 unspecified atom stereocenters. The van der Waals surface area contributed by atoms with Gasteiger partial charge in [0.25, 0.3) is 5.91 Å². The molecule has 0 saturated carbocycles. The average Bonchev–Trinajstić information content (AvgIpc) is 3.28. The van der Waals surface area contributed by atoms with Crippen LogP contribution in [-0.4, -0.2) is 16.8 Å². The minimum absolute atomic E-state index is 0.182. The Labute approximate surface area is 144 Å². The molecular formula is C18H17N3O4. The Hall–Kier alpha value is -3.48. The number of nitrogens with one attached hydrogen (secondary N) is 1. The molecule has 25 heavy (non-hydrogen) atoms. The van der Waals surface area contributed by atoms with E-state index in [1.54, 1.807) is 53.8 Å². The standard InChI is InChI=1S/C18H17N3O4/c19-18(23)20-14-7-5-13(6-8-14)17(22)21(11-15-3-1-9-24-15)12-16-4-2-10-25-16/h1-10H,11-12H2,(H3,19,20,23). The number of nitrogens with zero attached hydrogens (tertiary/aromatic N) is 1. The van der Waals surface area contributed by atoms with Crippen molar-refractivity contribution in [3.05, 3.63) is 78.1 Å². The van der Waals surface area contributed by atoms with E-state index in [-0.39, 0.29) is 5.91 Å². The molecule has 0 bridgehead atoms. The summed E-state index contributed by atoms with van der Waals surface area (Å²) in [5.41, 5.74) is 6.08. The Morgan fingerprint density at radius 3 is 1.92 bits per heavy atom. The first kappa shape index (κ1) is 16.4. The Morgan fingerprint density at radius 1 is 0.920 bits per heavy atom. The van der Waals surface area contributed by atoms with Gasteiger partial charge in [-0.1, -0.05) is 0 Å². The molecule has 2 heterocycles. The molecule has 0 radical (unpaired) electrons. The molecule has 0 aliphatic carbocycles. The van der Waals surface area contributed by atoms with Crippen LogP contribution >= 0.6 is 0 Å². The van der Waals surface area contributed by atoms with Crippen LogP contribution in [0.5, 0.6) is 0 Å². The van der Waals surface area contributed by atoms with Crippen molar-refractivity contribution in [2.75, 3.05) is 5.32 Å². The van der Waals surface area contributed by atoms with Crippen molar-refractivity contribution in [2.45, 2.75) is 13.1 Å². The highest BCUT2D eigenvalue weighted by atomic mass is 16.3. The van der Waals surface area contributed by atoms with Gasteiger partial charge in [-0.25, -0.2) is 4.79 Å². The van der Waals surface area contributed by atoms with Crippen LogP contribution < -0.4 is 11.1 Å². The van der Waals surface area contributed by atoms with E-state index in [2.05, 4.69) is 5.32 Å². The number of urea groups is 1. The number of hydrogen-bond acceptors (Lipinski definition) is 4. The highest BCUT2D eigenvalue weighted by molar-refractivity contribution is 5.95.